The molecule has 23 heteroatoms. The molecule has 0 radical (unpaired) electrons. The van der Waals surface area contributed by atoms with Crippen molar-refractivity contribution in [2.45, 2.75) is 57.0 Å². The van der Waals surface area contributed by atoms with Crippen molar-refractivity contribution in [1.29, 1.82) is 0 Å². The van der Waals surface area contributed by atoms with Crippen LogP contribution < -0.4 is 40.1 Å². The van der Waals surface area contributed by atoms with E-state index in [-0.39, 0.29) is 24.2 Å². The lowest BCUT2D eigenvalue weighted by Crippen LogP contribution is -2.53. The van der Waals surface area contributed by atoms with Crippen LogP contribution in [0, 0.1) is 5.92 Å². The van der Waals surface area contributed by atoms with Crippen LogP contribution in [-0.2, 0) is 26.7 Å². The van der Waals surface area contributed by atoms with E-state index in [2.05, 4.69) is 89.0 Å². The van der Waals surface area contributed by atoms with Crippen molar-refractivity contribution in [3.8, 4) is 16.9 Å². The summed E-state index contributed by atoms with van der Waals surface area (Å²) in [4.78, 5) is 64.8. The number of likely N-dealkylation sites (tertiary alicyclic amines) is 1. The van der Waals surface area contributed by atoms with Gasteiger partial charge in [-0.05, 0) is 122 Å². The van der Waals surface area contributed by atoms with Gasteiger partial charge in [-0.2, -0.15) is 10.1 Å². The minimum Gasteiger partial charge on any atom is -0.494 e. The number of aromatic nitrogens is 6. The van der Waals surface area contributed by atoms with Gasteiger partial charge in [0.2, 0.25) is 27.8 Å². The topological polar surface area (TPSA) is 228 Å². The first-order chi connectivity index (χ1) is 36.7. The Hall–Kier alpha value is -6.95. The number of carbonyl (C=O) groups excluding carboxylic acids is 3. The van der Waals surface area contributed by atoms with Crippen molar-refractivity contribution in [1.82, 2.24) is 50.1 Å². The monoisotopic (exact) mass is 1120 g/mol. The summed E-state index contributed by atoms with van der Waals surface area (Å²) in [5.41, 5.74) is 7.04. The Labute approximate surface area is 451 Å². The van der Waals surface area contributed by atoms with E-state index in [1.54, 1.807) is 36.3 Å². The second-order valence-corrected chi connectivity index (χ2v) is 22.9. The van der Waals surface area contributed by atoms with Crippen LogP contribution in [0.3, 0.4) is 0 Å². The fourth-order valence-corrected chi connectivity index (χ4v) is 11.6. The molecule has 0 bridgehead atoms. The number of hydrogen-bond donors (Lipinski definition) is 4. The number of nitrogens with zero attached hydrogens (tertiary/aromatic N) is 11. The number of methoxy groups -OCH3 is 1. The molecule has 0 aliphatic carbocycles. The molecule has 4 aliphatic rings. The zero-order valence-corrected chi connectivity index (χ0v) is 45.6. The zero-order chi connectivity index (χ0) is 53.1. The van der Waals surface area contributed by atoms with Gasteiger partial charge in [0.1, 0.15) is 28.8 Å². The van der Waals surface area contributed by atoms with Crippen LogP contribution in [0.25, 0.3) is 22.2 Å². The van der Waals surface area contributed by atoms with E-state index in [1.807, 2.05) is 43.7 Å². The highest BCUT2D eigenvalue weighted by molar-refractivity contribution is 9.10. The molecular weight excluding hydrogens is 1050 g/mol. The highest BCUT2D eigenvalue weighted by Gasteiger charge is 2.32. The number of aryl methyl sites for hydroxylation is 1. The van der Waals surface area contributed by atoms with Crippen LogP contribution in [-0.4, -0.2) is 157 Å². The number of imide groups is 1. The molecule has 21 nitrogen and oxygen atoms in total. The molecule has 0 spiro atoms. The molecule has 7 heterocycles. The molecule has 0 saturated carbocycles. The van der Waals surface area contributed by atoms with Gasteiger partial charge in [0.15, 0.2) is 0 Å². The Bertz CT molecular complexity index is 3210. The third-order valence-electron chi connectivity index (χ3n) is 15.2. The number of amides is 3. The van der Waals surface area contributed by atoms with E-state index in [0.717, 1.165) is 101 Å². The molecule has 4 aliphatic heterocycles. The number of benzene rings is 3. The van der Waals surface area contributed by atoms with Crippen LogP contribution in [0.15, 0.2) is 84.0 Å². The number of carbonyl (C=O) groups is 3. The zero-order valence-electron chi connectivity index (χ0n) is 43.2. The predicted octanol–water partition coefficient (Wildman–Crippen LogP) is 5.90. The number of anilines is 7. The molecule has 10 rings (SSSR count). The van der Waals surface area contributed by atoms with Gasteiger partial charge in [-0.3, -0.25) is 43.6 Å². The summed E-state index contributed by atoms with van der Waals surface area (Å²) in [6.07, 6.45) is 16.1. The molecule has 3 amide bonds. The van der Waals surface area contributed by atoms with Crippen molar-refractivity contribution in [3.63, 3.8) is 0 Å². The first-order valence-electron chi connectivity index (χ1n) is 25.8. The van der Waals surface area contributed by atoms with Gasteiger partial charge in [-0.1, -0.05) is 0 Å². The normalized spacial score (nSPS) is 18.4. The summed E-state index contributed by atoms with van der Waals surface area (Å²) in [6.45, 7) is 9.00. The number of sulfonamides is 1. The van der Waals surface area contributed by atoms with Crippen molar-refractivity contribution in [2.75, 3.05) is 104 Å². The van der Waals surface area contributed by atoms with Crippen LogP contribution in [0.2, 0.25) is 0 Å². The predicted molar refractivity (Wildman–Crippen MR) is 297 cm³/mol. The molecule has 1 atom stereocenters. The number of nitrogens with one attached hydrogen (secondary N) is 4. The maximum absolute atomic E-state index is 12.8. The molecule has 4 fully saturated rings. The van der Waals surface area contributed by atoms with Crippen molar-refractivity contribution < 1.29 is 27.5 Å². The molecule has 4 N–H and O–H groups in total. The number of piperazine rings is 1. The lowest BCUT2D eigenvalue weighted by molar-refractivity contribution is -0.134. The second kappa shape index (κ2) is 22.7. The van der Waals surface area contributed by atoms with Crippen molar-refractivity contribution in [3.05, 3.63) is 89.6 Å². The van der Waals surface area contributed by atoms with Crippen LogP contribution in [0.1, 0.15) is 55.3 Å². The fourth-order valence-electron chi connectivity index (χ4n) is 10.8. The molecule has 3 aromatic heterocycles. The summed E-state index contributed by atoms with van der Waals surface area (Å²) < 4.78 is 35.2. The highest BCUT2D eigenvalue weighted by Crippen LogP contribution is 2.42. The molecule has 4 saturated heterocycles. The quantitative estimate of drug-likeness (QED) is 0.0827. The number of halogens is 1. The molecule has 400 valence electrons. The summed E-state index contributed by atoms with van der Waals surface area (Å²) in [6, 6.07) is 15.1. The summed E-state index contributed by atoms with van der Waals surface area (Å²) >= 11 is 3.58. The Morgan fingerprint density at radius 1 is 0.868 bits per heavy atom. The van der Waals surface area contributed by atoms with E-state index in [1.165, 1.54) is 36.8 Å². The third-order valence-corrected chi connectivity index (χ3v) is 17.0. The van der Waals surface area contributed by atoms with E-state index in [0.29, 0.717) is 68.1 Å². The molecule has 3 aromatic carbocycles. The Morgan fingerprint density at radius 2 is 1.62 bits per heavy atom. The number of rotatable bonds is 16. The average molecular weight is 1120 g/mol. The summed E-state index contributed by atoms with van der Waals surface area (Å²) in [5, 5.41) is 16.3. The number of fused-ring (bicyclic) bond motifs is 1. The third kappa shape index (κ3) is 11.9. The fraction of sp³-hybridized carbons (Fsp3) is 0.434. The van der Waals surface area contributed by atoms with Gasteiger partial charge >= 0.3 is 0 Å². The number of piperidine rings is 3. The van der Waals surface area contributed by atoms with Gasteiger partial charge in [0, 0.05) is 125 Å². The maximum atomic E-state index is 12.8. The molecule has 6 aromatic rings. The molecule has 76 heavy (non-hydrogen) atoms. The Morgan fingerprint density at radius 3 is 2.32 bits per heavy atom. The van der Waals surface area contributed by atoms with E-state index in [9.17, 15) is 22.8 Å². The van der Waals surface area contributed by atoms with Crippen LogP contribution >= 0.6 is 15.9 Å². The highest BCUT2D eigenvalue weighted by atomic mass is 79.9. The minimum absolute atomic E-state index is 0.220. The SMILES string of the molecule is COc1cc(N2CCN(C3CCN(CCC4CCN(c5ccc(C(=O)NC6CCC(=O)NC6=O)cc5)CC4)CC3)CC2)c(-c2cnn(C)c2)cc1Nc1ncc(Br)c(Nc2ccc3nccnc3c2N(C)S(C)(=O)=O)n1. The van der Waals surface area contributed by atoms with Crippen LogP contribution in [0.5, 0.6) is 5.75 Å². The largest absolute Gasteiger partial charge is 0.494 e. The van der Waals surface area contributed by atoms with E-state index < -0.39 is 22.0 Å². The van der Waals surface area contributed by atoms with Crippen molar-refractivity contribution in [2.24, 2.45) is 13.0 Å². The van der Waals surface area contributed by atoms with Gasteiger partial charge in [-0.25, -0.2) is 13.4 Å². The second-order valence-electron chi connectivity index (χ2n) is 20.1. The average Bonchev–Trinajstić information content (AvgIpc) is 3.89. The number of ether oxygens (including phenoxy) is 1. The number of hydrogen-bond acceptors (Lipinski definition) is 17. The van der Waals surface area contributed by atoms with Gasteiger partial charge < -0.3 is 35.4 Å². The van der Waals surface area contributed by atoms with Gasteiger partial charge in [0.05, 0.1) is 40.9 Å². The summed E-state index contributed by atoms with van der Waals surface area (Å²) in [7, 11) is 1.38. The smallest absolute Gasteiger partial charge is 0.251 e. The summed E-state index contributed by atoms with van der Waals surface area (Å²) in [5.74, 6) is 0.926. The molecule has 1 unspecified atom stereocenters. The first-order valence-corrected chi connectivity index (χ1v) is 28.5. The lowest BCUT2D eigenvalue weighted by Gasteiger charge is -2.44. The van der Waals surface area contributed by atoms with Gasteiger partial charge in [0.25, 0.3) is 5.91 Å². The standard InChI is InChI=1S/C53H64BrN15O6S/c1-64-33-36(31-58-64)39-29-44(61-53-57-32-40(54)50(63-53)59-42-10-9-41-48(56-19-18-55-41)49(42)65(2)76(4,73)74)46(75-3)30-45(39)69-27-25-68(26-28-69)38-16-21-66(22-17-38)20-13-34-14-23-67(24-15-34)37-7-5-35(6-8-37)51(71)60-43-11-12-47(70)62-52(43)72/h5-10,18-19,29-34,38,43H,11-17,20-28H2,1-4H3,(H,60,71)(H,62,70,72)(H2,57,59,61,63). The van der Waals surface area contributed by atoms with E-state index in [4.69, 9.17) is 9.72 Å². The van der Waals surface area contributed by atoms with E-state index >= 15 is 0 Å². The van der Waals surface area contributed by atoms with Crippen LogP contribution in [0.4, 0.5) is 40.2 Å². The Kier molecular flexibility index (Phi) is 15.7. The van der Waals surface area contributed by atoms with Gasteiger partial charge in [-0.15, -0.1) is 0 Å². The Balaban J connectivity index is 0.726. The lowest BCUT2D eigenvalue weighted by atomic mass is 9.92. The molecular formula is C53H64BrN15O6S. The maximum Gasteiger partial charge on any atom is 0.251 e. The minimum atomic E-state index is -3.67. The van der Waals surface area contributed by atoms with Crippen molar-refractivity contribution >= 4 is 94.9 Å². The first kappa shape index (κ1) is 52.5.